The van der Waals surface area contributed by atoms with Crippen LogP contribution in [0, 0.1) is 11.6 Å². The fraction of sp³-hybridized carbons (Fsp3) is 0.538. The number of nitrogens with one attached hydrogen (secondary N) is 1. The van der Waals surface area contributed by atoms with Crippen molar-refractivity contribution in [2.24, 2.45) is 0 Å². The molecule has 2 atom stereocenters. The Bertz CT molecular complexity index is 357. The smallest absolute Gasteiger partial charge is 0.159 e. The first kappa shape index (κ1) is 14.5. The maximum Gasteiger partial charge on any atom is 0.159 e. The van der Waals surface area contributed by atoms with Crippen LogP contribution >= 0.6 is 11.8 Å². The molecule has 0 fully saturated rings. The summed E-state index contributed by atoms with van der Waals surface area (Å²) in [5, 5.41) is 3.72. The van der Waals surface area contributed by atoms with Gasteiger partial charge >= 0.3 is 0 Å². The van der Waals surface area contributed by atoms with E-state index >= 15 is 0 Å². The summed E-state index contributed by atoms with van der Waals surface area (Å²) in [5.74, 6) is -1.57. The van der Waals surface area contributed by atoms with Crippen LogP contribution in [0.2, 0.25) is 0 Å². The predicted octanol–water partition coefficient (Wildman–Crippen LogP) is 3.83. The molecule has 1 nitrogen and oxygen atoms in total. The summed E-state index contributed by atoms with van der Waals surface area (Å²) in [6, 6.07) is 4.53. The van der Waals surface area contributed by atoms with Gasteiger partial charge in [-0.2, -0.15) is 0 Å². The lowest BCUT2D eigenvalue weighted by Gasteiger charge is -2.16. The molecule has 1 aromatic rings. The maximum absolute atomic E-state index is 13.0. The maximum atomic E-state index is 13.0. The molecular formula is C13H19F2NS. The summed E-state index contributed by atoms with van der Waals surface area (Å²) in [5.41, 5.74) is 0. The van der Waals surface area contributed by atoms with E-state index in [0.717, 1.165) is 17.9 Å². The Kier molecular flexibility index (Phi) is 5.92. The van der Waals surface area contributed by atoms with Crippen molar-refractivity contribution in [1.29, 1.82) is 0 Å². The van der Waals surface area contributed by atoms with Crippen molar-refractivity contribution in [1.82, 2.24) is 5.32 Å². The Morgan fingerprint density at radius 2 is 1.94 bits per heavy atom. The summed E-state index contributed by atoms with van der Waals surface area (Å²) >= 11 is 1.55. The van der Waals surface area contributed by atoms with Crippen molar-refractivity contribution in [2.45, 2.75) is 43.4 Å². The lowest BCUT2D eigenvalue weighted by molar-refractivity contribution is 0.505. The van der Waals surface area contributed by atoms with Crippen LogP contribution in [0.15, 0.2) is 23.1 Å². The van der Waals surface area contributed by atoms with Gasteiger partial charge in [0.05, 0.1) is 0 Å². The van der Waals surface area contributed by atoms with E-state index in [9.17, 15) is 8.78 Å². The zero-order valence-electron chi connectivity index (χ0n) is 10.5. The summed E-state index contributed by atoms with van der Waals surface area (Å²) in [6.07, 6.45) is 1.09. The Morgan fingerprint density at radius 1 is 1.24 bits per heavy atom. The second-order valence-electron chi connectivity index (χ2n) is 4.22. The van der Waals surface area contributed by atoms with Gasteiger partial charge in [-0.05, 0) is 31.5 Å². The largest absolute Gasteiger partial charge is 0.313 e. The average molecular weight is 259 g/mol. The number of rotatable bonds is 6. The van der Waals surface area contributed by atoms with Crippen molar-refractivity contribution < 1.29 is 8.78 Å². The van der Waals surface area contributed by atoms with Crippen LogP contribution in [-0.2, 0) is 0 Å². The van der Waals surface area contributed by atoms with Gasteiger partial charge < -0.3 is 5.32 Å². The van der Waals surface area contributed by atoms with E-state index in [1.165, 1.54) is 12.1 Å². The molecule has 0 spiro atoms. The van der Waals surface area contributed by atoms with Gasteiger partial charge in [-0.25, -0.2) is 8.78 Å². The van der Waals surface area contributed by atoms with Gasteiger partial charge in [0.25, 0.3) is 0 Å². The van der Waals surface area contributed by atoms with Crippen molar-refractivity contribution in [3.8, 4) is 0 Å². The fourth-order valence-electron chi connectivity index (χ4n) is 1.34. The molecule has 2 unspecified atom stereocenters. The minimum atomic E-state index is -0.792. The van der Waals surface area contributed by atoms with Gasteiger partial charge in [-0.15, -0.1) is 11.8 Å². The van der Waals surface area contributed by atoms with E-state index < -0.39 is 11.6 Å². The molecule has 96 valence electrons. The first-order chi connectivity index (χ1) is 8.02. The Morgan fingerprint density at radius 3 is 2.53 bits per heavy atom. The van der Waals surface area contributed by atoms with E-state index in [1.807, 2.05) is 0 Å². The molecule has 0 radical (unpaired) electrons. The third kappa shape index (κ3) is 5.04. The van der Waals surface area contributed by atoms with Crippen LogP contribution in [0.4, 0.5) is 8.78 Å². The second-order valence-corrected chi connectivity index (χ2v) is 5.73. The Labute approximate surface area is 106 Å². The number of benzene rings is 1. The van der Waals surface area contributed by atoms with Crippen molar-refractivity contribution in [2.75, 3.05) is 6.54 Å². The molecule has 1 aromatic carbocycles. The summed E-state index contributed by atoms with van der Waals surface area (Å²) in [7, 11) is 0. The number of halogens is 2. The van der Waals surface area contributed by atoms with Crippen molar-refractivity contribution in [3.05, 3.63) is 29.8 Å². The molecule has 4 heteroatoms. The van der Waals surface area contributed by atoms with Crippen LogP contribution in [0.5, 0.6) is 0 Å². The second kappa shape index (κ2) is 6.97. The van der Waals surface area contributed by atoms with Crippen LogP contribution in [0.25, 0.3) is 0 Å². The molecule has 1 rings (SSSR count). The lowest BCUT2D eigenvalue weighted by Crippen LogP contribution is -2.30. The quantitative estimate of drug-likeness (QED) is 0.779. The topological polar surface area (TPSA) is 12.0 Å². The first-order valence-electron chi connectivity index (χ1n) is 5.88. The molecule has 0 aromatic heterocycles. The molecule has 0 saturated heterocycles. The molecule has 0 bridgehead atoms. The summed E-state index contributed by atoms with van der Waals surface area (Å²) in [4.78, 5) is 0.766. The Balaban J connectivity index is 2.44. The van der Waals surface area contributed by atoms with E-state index in [4.69, 9.17) is 0 Å². The zero-order chi connectivity index (χ0) is 12.8. The first-order valence-corrected chi connectivity index (χ1v) is 6.76. The molecule has 17 heavy (non-hydrogen) atoms. The van der Waals surface area contributed by atoms with E-state index in [1.54, 1.807) is 17.8 Å². The van der Waals surface area contributed by atoms with E-state index in [2.05, 4.69) is 26.1 Å². The standard InChI is InChI=1S/C13H19F2NS/c1-4-9(2)16-8-10(3)17-11-5-6-12(14)13(15)7-11/h5-7,9-10,16H,4,8H2,1-3H3. The minimum Gasteiger partial charge on any atom is -0.313 e. The van der Waals surface area contributed by atoms with E-state index in [0.29, 0.717) is 11.3 Å². The van der Waals surface area contributed by atoms with Crippen LogP contribution in [0.1, 0.15) is 27.2 Å². The predicted molar refractivity (Wildman–Crippen MR) is 69.4 cm³/mol. The normalized spacial score (nSPS) is 14.6. The van der Waals surface area contributed by atoms with Gasteiger partial charge in [0.15, 0.2) is 11.6 Å². The van der Waals surface area contributed by atoms with Crippen LogP contribution < -0.4 is 5.32 Å². The van der Waals surface area contributed by atoms with Gasteiger partial charge in [-0.1, -0.05) is 13.8 Å². The number of thioether (sulfide) groups is 1. The van der Waals surface area contributed by atoms with Crippen LogP contribution in [0.3, 0.4) is 0 Å². The highest BCUT2D eigenvalue weighted by Crippen LogP contribution is 2.24. The Hall–Kier alpha value is -0.610. The summed E-state index contributed by atoms with van der Waals surface area (Å²) in [6.45, 7) is 7.19. The highest BCUT2D eigenvalue weighted by atomic mass is 32.2. The van der Waals surface area contributed by atoms with Crippen LogP contribution in [-0.4, -0.2) is 17.8 Å². The number of hydrogen-bond donors (Lipinski definition) is 1. The highest BCUT2D eigenvalue weighted by molar-refractivity contribution is 8.00. The van der Waals surface area contributed by atoms with E-state index in [-0.39, 0.29) is 0 Å². The lowest BCUT2D eigenvalue weighted by atomic mass is 10.2. The third-order valence-electron chi connectivity index (χ3n) is 2.59. The van der Waals surface area contributed by atoms with Crippen molar-refractivity contribution in [3.63, 3.8) is 0 Å². The third-order valence-corrected chi connectivity index (χ3v) is 3.69. The molecule has 0 aliphatic carbocycles. The molecule has 1 N–H and O–H groups in total. The zero-order valence-corrected chi connectivity index (χ0v) is 11.3. The fourth-order valence-corrected chi connectivity index (χ4v) is 2.30. The monoisotopic (exact) mass is 259 g/mol. The SMILES string of the molecule is CCC(C)NCC(C)Sc1ccc(F)c(F)c1. The van der Waals surface area contributed by atoms with Gasteiger partial charge in [0.1, 0.15) is 0 Å². The summed E-state index contributed by atoms with van der Waals surface area (Å²) < 4.78 is 25.7. The highest BCUT2D eigenvalue weighted by Gasteiger charge is 2.08. The van der Waals surface area contributed by atoms with Gasteiger partial charge in [-0.3, -0.25) is 0 Å². The van der Waals surface area contributed by atoms with Gasteiger partial charge in [0.2, 0.25) is 0 Å². The molecule has 0 aliphatic rings. The minimum absolute atomic E-state index is 0.328. The molecule has 0 amide bonds. The molecule has 0 aliphatic heterocycles. The number of hydrogen-bond acceptors (Lipinski definition) is 2. The molecule has 0 heterocycles. The molecule has 0 saturated carbocycles. The van der Waals surface area contributed by atoms with Crippen molar-refractivity contribution >= 4 is 11.8 Å². The van der Waals surface area contributed by atoms with Gasteiger partial charge in [0, 0.05) is 22.7 Å². The average Bonchev–Trinajstić information content (AvgIpc) is 2.31. The molecular weight excluding hydrogens is 240 g/mol.